The van der Waals surface area contributed by atoms with Crippen LogP contribution in [0.15, 0.2) is 48.5 Å². The first-order chi connectivity index (χ1) is 12.9. The molecular formula is C21H22N2O4. The van der Waals surface area contributed by atoms with Crippen LogP contribution < -0.4 is 10.2 Å². The molecule has 1 aliphatic heterocycles. The van der Waals surface area contributed by atoms with Crippen molar-refractivity contribution in [3.8, 4) is 0 Å². The number of carboxylic acids is 1. The van der Waals surface area contributed by atoms with E-state index >= 15 is 0 Å². The van der Waals surface area contributed by atoms with E-state index in [1.54, 1.807) is 67.4 Å². The number of nitrogens with one attached hydrogen (secondary N) is 1. The molecule has 0 radical (unpaired) electrons. The van der Waals surface area contributed by atoms with Crippen LogP contribution in [-0.4, -0.2) is 29.9 Å². The third kappa shape index (κ3) is 3.30. The van der Waals surface area contributed by atoms with E-state index in [0.29, 0.717) is 24.0 Å². The summed E-state index contributed by atoms with van der Waals surface area (Å²) in [7, 11) is 1.71. The molecule has 0 aromatic heterocycles. The molecule has 1 heterocycles. The van der Waals surface area contributed by atoms with Crippen LogP contribution in [0.3, 0.4) is 0 Å². The summed E-state index contributed by atoms with van der Waals surface area (Å²) in [5, 5.41) is 12.6. The standard InChI is InChI=1S/C21H22N2O4/c1-3-21(20(26)27,16-7-5-4-6-8-16)22-19(25)15-9-11-17-14(13-15)10-12-18(24)23(17)2/h4-9,11,13H,3,10,12H2,1-2H3,(H,22,25)(H,26,27). The summed E-state index contributed by atoms with van der Waals surface area (Å²) in [6.45, 7) is 1.73. The van der Waals surface area contributed by atoms with Crippen molar-refractivity contribution in [1.82, 2.24) is 5.32 Å². The van der Waals surface area contributed by atoms with Crippen LogP contribution in [0.5, 0.6) is 0 Å². The van der Waals surface area contributed by atoms with Gasteiger partial charge in [-0.3, -0.25) is 9.59 Å². The number of carbonyl (C=O) groups excluding carboxylic acids is 2. The van der Waals surface area contributed by atoms with Gasteiger partial charge in [-0.25, -0.2) is 4.79 Å². The summed E-state index contributed by atoms with van der Waals surface area (Å²) >= 11 is 0. The molecule has 6 nitrogen and oxygen atoms in total. The molecule has 0 fully saturated rings. The number of amides is 2. The smallest absolute Gasteiger partial charge is 0.334 e. The van der Waals surface area contributed by atoms with Gasteiger partial charge in [0.15, 0.2) is 5.54 Å². The van der Waals surface area contributed by atoms with Gasteiger partial charge in [-0.2, -0.15) is 0 Å². The number of hydrogen-bond donors (Lipinski definition) is 2. The largest absolute Gasteiger partial charge is 0.479 e. The molecule has 2 N–H and O–H groups in total. The van der Waals surface area contributed by atoms with Gasteiger partial charge in [0.2, 0.25) is 5.91 Å². The van der Waals surface area contributed by atoms with Crippen LogP contribution in [0, 0.1) is 0 Å². The Hall–Kier alpha value is -3.15. The van der Waals surface area contributed by atoms with Gasteiger partial charge in [0.1, 0.15) is 0 Å². The van der Waals surface area contributed by atoms with Crippen LogP contribution in [0.4, 0.5) is 5.69 Å². The highest BCUT2D eigenvalue weighted by Gasteiger charge is 2.40. The third-order valence-electron chi connectivity index (χ3n) is 5.17. The predicted octanol–water partition coefficient (Wildman–Crippen LogP) is 2.72. The summed E-state index contributed by atoms with van der Waals surface area (Å²) < 4.78 is 0. The lowest BCUT2D eigenvalue weighted by Crippen LogP contribution is -2.51. The highest BCUT2D eigenvalue weighted by Crippen LogP contribution is 2.29. The van der Waals surface area contributed by atoms with Crippen LogP contribution in [-0.2, 0) is 21.5 Å². The minimum Gasteiger partial charge on any atom is -0.479 e. The van der Waals surface area contributed by atoms with Crippen LogP contribution in [0.25, 0.3) is 0 Å². The SMILES string of the molecule is CCC(NC(=O)c1ccc2c(c1)CCC(=O)N2C)(C(=O)O)c1ccccc1. The Labute approximate surface area is 157 Å². The first-order valence-electron chi connectivity index (χ1n) is 8.90. The number of nitrogens with zero attached hydrogens (tertiary/aromatic N) is 1. The maximum atomic E-state index is 12.9. The quantitative estimate of drug-likeness (QED) is 0.852. The van der Waals surface area contributed by atoms with E-state index < -0.39 is 17.4 Å². The maximum Gasteiger partial charge on any atom is 0.334 e. The van der Waals surface area contributed by atoms with Crippen molar-refractivity contribution in [2.75, 3.05) is 11.9 Å². The number of fused-ring (bicyclic) bond motifs is 1. The van der Waals surface area contributed by atoms with Crippen LogP contribution in [0.1, 0.15) is 41.3 Å². The zero-order valence-electron chi connectivity index (χ0n) is 15.4. The first-order valence-corrected chi connectivity index (χ1v) is 8.90. The van der Waals surface area contributed by atoms with E-state index in [-0.39, 0.29) is 12.3 Å². The topological polar surface area (TPSA) is 86.7 Å². The number of carboxylic acid groups (broad SMARTS) is 1. The number of benzene rings is 2. The summed E-state index contributed by atoms with van der Waals surface area (Å²) in [6, 6.07) is 13.8. The van der Waals surface area contributed by atoms with Crippen molar-refractivity contribution in [2.45, 2.75) is 31.7 Å². The Morgan fingerprint density at radius 1 is 1.15 bits per heavy atom. The fourth-order valence-corrected chi connectivity index (χ4v) is 3.48. The molecule has 1 unspecified atom stereocenters. The van der Waals surface area contributed by atoms with E-state index in [9.17, 15) is 19.5 Å². The first kappa shape index (κ1) is 18.6. The zero-order valence-corrected chi connectivity index (χ0v) is 15.4. The molecule has 2 aromatic rings. The summed E-state index contributed by atoms with van der Waals surface area (Å²) in [4.78, 5) is 38.3. The molecular weight excluding hydrogens is 344 g/mol. The molecule has 2 aromatic carbocycles. The molecule has 0 saturated heterocycles. The Balaban J connectivity index is 1.93. The van der Waals surface area contributed by atoms with Crippen molar-refractivity contribution in [2.24, 2.45) is 0 Å². The Kier molecular flexibility index (Phi) is 4.99. The molecule has 27 heavy (non-hydrogen) atoms. The Morgan fingerprint density at radius 3 is 2.48 bits per heavy atom. The van der Waals surface area contributed by atoms with Gasteiger partial charge in [-0.1, -0.05) is 37.3 Å². The molecule has 2 amide bonds. The van der Waals surface area contributed by atoms with Crippen LogP contribution in [0.2, 0.25) is 0 Å². The van der Waals surface area contributed by atoms with E-state index in [1.807, 2.05) is 0 Å². The van der Waals surface area contributed by atoms with Gasteiger partial charge >= 0.3 is 5.97 Å². The number of aliphatic carboxylic acids is 1. The molecule has 0 saturated carbocycles. The van der Waals surface area contributed by atoms with Gasteiger partial charge < -0.3 is 15.3 Å². The molecule has 0 bridgehead atoms. The van der Waals surface area contributed by atoms with E-state index in [1.165, 1.54) is 0 Å². The average Bonchev–Trinajstić information content (AvgIpc) is 2.69. The lowest BCUT2D eigenvalue weighted by atomic mass is 9.86. The van der Waals surface area contributed by atoms with Crippen molar-refractivity contribution in [3.05, 3.63) is 65.2 Å². The van der Waals surface area contributed by atoms with Gasteiger partial charge in [-0.05, 0) is 42.2 Å². The molecule has 140 valence electrons. The van der Waals surface area contributed by atoms with Gasteiger partial charge in [0, 0.05) is 24.7 Å². The highest BCUT2D eigenvalue weighted by atomic mass is 16.4. The fourth-order valence-electron chi connectivity index (χ4n) is 3.48. The second kappa shape index (κ2) is 7.23. The van der Waals surface area contributed by atoms with E-state index in [0.717, 1.165) is 11.3 Å². The highest BCUT2D eigenvalue weighted by molar-refractivity contribution is 6.00. The number of rotatable bonds is 5. The normalized spacial score (nSPS) is 15.6. The predicted molar refractivity (Wildman–Crippen MR) is 102 cm³/mol. The van der Waals surface area contributed by atoms with Crippen molar-refractivity contribution in [1.29, 1.82) is 0 Å². The second-order valence-corrected chi connectivity index (χ2v) is 6.68. The number of carbonyl (C=O) groups is 3. The summed E-state index contributed by atoms with van der Waals surface area (Å²) in [5.74, 6) is -1.52. The zero-order chi connectivity index (χ0) is 19.6. The molecule has 1 aliphatic rings. The molecule has 0 aliphatic carbocycles. The molecule has 6 heteroatoms. The second-order valence-electron chi connectivity index (χ2n) is 6.68. The number of hydrogen-bond acceptors (Lipinski definition) is 3. The van der Waals surface area contributed by atoms with Gasteiger partial charge in [0.05, 0.1) is 0 Å². The number of aryl methyl sites for hydroxylation is 1. The lowest BCUT2D eigenvalue weighted by molar-refractivity contribution is -0.145. The minimum absolute atomic E-state index is 0.0413. The van der Waals surface area contributed by atoms with E-state index in [2.05, 4.69) is 5.32 Å². The molecule has 3 rings (SSSR count). The number of anilines is 1. The maximum absolute atomic E-state index is 12.9. The third-order valence-corrected chi connectivity index (χ3v) is 5.17. The Bertz CT molecular complexity index is 894. The summed E-state index contributed by atoms with van der Waals surface area (Å²) in [5.41, 5.74) is 1.09. The average molecular weight is 366 g/mol. The molecule has 1 atom stereocenters. The van der Waals surface area contributed by atoms with Crippen molar-refractivity contribution >= 4 is 23.5 Å². The minimum atomic E-state index is -1.50. The van der Waals surface area contributed by atoms with Gasteiger partial charge in [-0.15, -0.1) is 0 Å². The fraction of sp³-hybridized carbons (Fsp3) is 0.286. The van der Waals surface area contributed by atoms with Gasteiger partial charge in [0.25, 0.3) is 5.91 Å². The van der Waals surface area contributed by atoms with Crippen LogP contribution >= 0.6 is 0 Å². The summed E-state index contributed by atoms with van der Waals surface area (Å²) in [6.07, 6.45) is 1.17. The lowest BCUT2D eigenvalue weighted by Gasteiger charge is -2.30. The monoisotopic (exact) mass is 366 g/mol. The van der Waals surface area contributed by atoms with Crippen molar-refractivity contribution in [3.63, 3.8) is 0 Å². The molecule has 0 spiro atoms. The van der Waals surface area contributed by atoms with E-state index in [4.69, 9.17) is 0 Å². The van der Waals surface area contributed by atoms with Crippen molar-refractivity contribution < 1.29 is 19.5 Å². The Morgan fingerprint density at radius 2 is 1.85 bits per heavy atom.